The van der Waals surface area contributed by atoms with Gasteiger partial charge in [-0.2, -0.15) is 0 Å². The molecule has 2 amide bonds. The summed E-state index contributed by atoms with van der Waals surface area (Å²) < 4.78 is 18.1. The fourth-order valence-corrected chi connectivity index (χ4v) is 2.91. The monoisotopic (exact) mass is 327 g/mol. The molecule has 1 heterocycles. The van der Waals surface area contributed by atoms with Crippen molar-refractivity contribution in [3.63, 3.8) is 0 Å². The Kier molecular flexibility index (Phi) is 4.60. The van der Waals surface area contributed by atoms with E-state index in [0.29, 0.717) is 0 Å². The second kappa shape index (κ2) is 6.83. The minimum atomic E-state index is -0.595. The molecule has 1 aliphatic heterocycles. The van der Waals surface area contributed by atoms with Crippen LogP contribution in [0.5, 0.6) is 0 Å². The summed E-state index contributed by atoms with van der Waals surface area (Å²) in [5.41, 5.74) is 2.87. The number of aryl methyl sites for hydroxylation is 1. The minimum absolute atomic E-state index is 0.129. The summed E-state index contributed by atoms with van der Waals surface area (Å²) in [6.07, 6.45) is -0.466. The summed E-state index contributed by atoms with van der Waals surface area (Å²) >= 11 is 0. The van der Waals surface area contributed by atoms with Gasteiger partial charge in [0.2, 0.25) is 5.91 Å². The molecule has 0 N–H and O–H groups in total. The summed E-state index contributed by atoms with van der Waals surface area (Å²) in [4.78, 5) is 25.2. The zero-order chi connectivity index (χ0) is 17.1. The number of hydrogen-bond acceptors (Lipinski definition) is 3. The smallest absolute Gasteiger partial charge is 0.416 e. The number of halogens is 1. The second-order valence-corrected chi connectivity index (χ2v) is 5.88. The molecule has 1 atom stereocenters. The van der Waals surface area contributed by atoms with Crippen molar-refractivity contribution in [1.82, 2.24) is 4.90 Å². The zero-order valence-electron chi connectivity index (χ0n) is 13.4. The highest BCUT2D eigenvalue weighted by molar-refractivity contribution is 5.93. The average molecular weight is 327 g/mol. The van der Waals surface area contributed by atoms with E-state index in [2.05, 4.69) is 0 Å². The number of hydrogen-bond donors (Lipinski definition) is 0. The molecule has 0 aliphatic carbocycles. The quantitative estimate of drug-likeness (QED) is 0.861. The lowest BCUT2D eigenvalue weighted by molar-refractivity contribution is -0.127. The van der Waals surface area contributed by atoms with Crippen LogP contribution >= 0.6 is 0 Å². The second-order valence-electron chi connectivity index (χ2n) is 5.88. The van der Waals surface area contributed by atoms with Crippen molar-refractivity contribution in [2.45, 2.75) is 19.3 Å². The van der Waals surface area contributed by atoms with Crippen LogP contribution in [0.15, 0.2) is 48.5 Å². The van der Waals surface area contributed by atoms with Gasteiger partial charge >= 0.3 is 6.09 Å². The molecule has 2 aromatic carbocycles. The van der Waals surface area contributed by atoms with Crippen molar-refractivity contribution in [3.05, 3.63) is 71.0 Å². The molecule has 1 unspecified atom stereocenters. The first-order valence-electron chi connectivity index (χ1n) is 7.84. The van der Waals surface area contributed by atoms with Crippen LogP contribution in [-0.2, 0) is 9.53 Å². The van der Waals surface area contributed by atoms with Crippen LogP contribution in [0, 0.1) is 12.7 Å². The molecule has 5 heteroatoms. The average Bonchev–Trinajstić information content (AvgIpc) is 2.99. The summed E-state index contributed by atoms with van der Waals surface area (Å²) in [5, 5.41) is 0. The van der Waals surface area contributed by atoms with E-state index in [0.717, 1.165) is 21.6 Å². The van der Waals surface area contributed by atoms with E-state index in [9.17, 15) is 14.0 Å². The van der Waals surface area contributed by atoms with Crippen molar-refractivity contribution in [1.29, 1.82) is 0 Å². The standard InChI is InChI=1S/C19H18FNO3/c1-13-3-2-4-15(11-13)17(14-5-7-16(20)8-6-14)12-18(22)21-9-10-24-19(21)23/h2-8,11,17H,9-10,12H2,1H3. The summed E-state index contributed by atoms with van der Waals surface area (Å²) in [5.74, 6) is -0.851. The molecule has 1 saturated heterocycles. The molecule has 0 saturated carbocycles. The molecule has 1 aliphatic rings. The van der Waals surface area contributed by atoms with Gasteiger partial charge < -0.3 is 4.74 Å². The Labute approximate surface area is 139 Å². The maximum absolute atomic E-state index is 13.2. The Hall–Kier alpha value is -2.69. The van der Waals surface area contributed by atoms with Crippen LogP contribution in [0.3, 0.4) is 0 Å². The number of amides is 2. The Balaban J connectivity index is 1.91. The first kappa shape index (κ1) is 16.2. The van der Waals surface area contributed by atoms with Crippen molar-refractivity contribution >= 4 is 12.0 Å². The maximum Gasteiger partial charge on any atom is 0.416 e. The first-order valence-corrected chi connectivity index (χ1v) is 7.84. The predicted molar refractivity (Wildman–Crippen MR) is 87.1 cm³/mol. The van der Waals surface area contributed by atoms with Gasteiger partial charge in [-0.05, 0) is 30.2 Å². The Morgan fingerprint density at radius 3 is 2.58 bits per heavy atom. The molecule has 0 aromatic heterocycles. The van der Waals surface area contributed by atoms with Crippen LogP contribution < -0.4 is 0 Å². The highest BCUT2D eigenvalue weighted by atomic mass is 19.1. The molecule has 124 valence electrons. The first-order chi connectivity index (χ1) is 11.5. The topological polar surface area (TPSA) is 46.6 Å². The number of benzene rings is 2. The fraction of sp³-hybridized carbons (Fsp3) is 0.263. The minimum Gasteiger partial charge on any atom is -0.447 e. The van der Waals surface area contributed by atoms with Crippen LogP contribution in [0.1, 0.15) is 29.0 Å². The number of carbonyl (C=O) groups excluding carboxylic acids is 2. The molecule has 0 radical (unpaired) electrons. The van der Waals surface area contributed by atoms with E-state index in [-0.39, 0.29) is 37.2 Å². The third-order valence-corrected chi connectivity index (χ3v) is 4.16. The molecule has 4 nitrogen and oxygen atoms in total. The van der Waals surface area contributed by atoms with Gasteiger partial charge in [0.25, 0.3) is 0 Å². The van der Waals surface area contributed by atoms with Gasteiger partial charge in [-0.1, -0.05) is 42.0 Å². The molecule has 3 rings (SSSR count). The Bertz CT molecular complexity index is 757. The Morgan fingerprint density at radius 2 is 1.96 bits per heavy atom. The molecule has 1 fully saturated rings. The van der Waals surface area contributed by atoms with Crippen molar-refractivity contribution in [3.8, 4) is 0 Å². The van der Waals surface area contributed by atoms with Crippen LogP contribution in [-0.4, -0.2) is 30.1 Å². The van der Waals surface area contributed by atoms with Crippen LogP contribution in [0.2, 0.25) is 0 Å². The Morgan fingerprint density at radius 1 is 1.21 bits per heavy atom. The van der Waals surface area contributed by atoms with Crippen LogP contribution in [0.25, 0.3) is 0 Å². The van der Waals surface area contributed by atoms with Gasteiger partial charge in [0.15, 0.2) is 0 Å². The number of rotatable bonds is 4. The largest absolute Gasteiger partial charge is 0.447 e. The maximum atomic E-state index is 13.2. The summed E-state index contributed by atoms with van der Waals surface area (Å²) in [6.45, 7) is 2.49. The van der Waals surface area contributed by atoms with E-state index in [1.165, 1.54) is 12.1 Å². The predicted octanol–water partition coefficient (Wildman–Crippen LogP) is 3.63. The van der Waals surface area contributed by atoms with Crippen LogP contribution in [0.4, 0.5) is 9.18 Å². The van der Waals surface area contributed by atoms with E-state index < -0.39 is 6.09 Å². The number of nitrogens with zero attached hydrogens (tertiary/aromatic N) is 1. The number of cyclic esters (lactones) is 1. The normalized spacial score (nSPS) is 15.2. The molecular weight excluding hydrogens is 309 g/mol. The molecule has 2 aromatic rings. The lowest BCUT2D eigenvalue weighted by Crippen LogP contribution is -2.32. The fourth-order valence-electron chi connectivity index (χ4n) is 2.91. The zero-order valence-corrected chi connectivity index (χ0v) is 13.4. The highest BCUT2D eigenvalue weighted by Crippen LogP contribution is 2.30. The number of carbonyl (C=O) groups is 2. The summed E-state index contributed by atoms with van der Waals surface area (Å²) in [7, 11) is 0. The molecule has 0 spiro atoms. The van der Waals surface area contributed by atoms with Crippen molar-refractivity contribution < 1.29 is 18.7 Å². The SMILES string of the molecule is Cc1cccc(C(CC(=O)N2CCOC2=O)c2ccc(F)cc2)c1. The van der Waals surface area contributed by atoms with Gasteiger partial charge in [-0.15, -0.1) is 0 Å². The van der Waals surface area contributed by atoms with E-state index in [4.69, 9.17) is 4.74 Å². The van der Waals surface area contributed by atoms with Crippen molar-refractivity contribution in [2.24, 2.45) is 0 Å². The summed E-state index contributed by atoms with van der Waals surface area (Å²) in [6, 6.07) is 14.0. The third-order valence-electron chi connectivity index (χ3n) is 4.16. The molecular formula is C19H18FNO3. The van der Waals surface area contributed by atoms with E-state index in [1.54, 1.807) is 12.1 Å². The van der Waals surface area contributed by atoms with E-state index >= 15 is 0 Å². The van der Waals surface area contributed by atoms with Gasteiger partial charge in [0, 0.05) is 12.3 Å². The highest BCUT2D eigenvalue weighted by Gasteiger charge is 2.30. The van der Waals surface area contributed by atoms with Crippen molar-refractivity contribution in [2.75, 3.05) is 13.2 Å². The lowest BCUT2D eigenvalue weighted by Gasteiger charge is -2.20. The van der Waals surface area contributed by atoms with Gasteiger partial charge in [0.1, 0.15) is 12.4 Å². The van der Waals surface area contributed by atoms with Gasteiger partial charge in [0.05, 0.1) is 6.54 Å². The number of ether oxygens (including phenoxy) is 1. The third kappa shape index (κ3) is 3.45. The van der Waals surface area contributed by atoms with Gasteiger partial charge in [-0.25, -0.2) is 14.1 Å². The lowest BCUT2D eigenvalue weighted by atomic mass is 9.87. The van der Waals surface area contributed by atoms with Gasteiger partial charge in [-0.3, -0.25) is 4.79 Å². The molecule has 0 bridgehead atoms. The number of imide groups is 1. The molecule has 24 heavy (non-hydrogen) atoms. The van der Waals surface area contributed by atoms with E-state index in [1.807, 2.05) is 31.2 Å².